The maximum Gasteiger partial charge on any atom is 0.139 e. The highest BCUT2D eigenvalue weighted by Crippen LogP contribution is 2.31. The van der Waals surface area contributed by atoms with Gasteiger partial charge in [-0.1, -0.05) is 48.9 Å². The van der Waals surface area contributed by atoms with Crippen molar-refractivity contribution in [2.45, 2.75) is 32.4 Å². The molecule has 2 nitrogen and oxygen atoms in total. The van der Waals surface area contributed by atoms with Gasteiger partial charge in [-0.05, 0) is 47.0 Å². The van der Waals surface area contributed by atoms with E-state index in [0.717, 1.165) is 22.2 Å². The topological polar surface area (TPSA) is 35.2 Å². The molecule has 0 saturated heterocycles. The average Bonchev–Trinajstić information content (AvgIpc) is 2.47. The van der Waals surface area contributed by atoms with Crippen LogP contribution < -0.4 is 10.5 Å². The van der Waals surface area contributed by atoms with Gasteiger partial charge in [0.2, 0.25) is 0 Å². The fraction of sp³-hybridized carbons (Fsp3) is 0.294. The number of para-hydroxylation sites is 1. The molecule has 0 aliphatic rings. The first kappa shape index (κ1) is 15.1. The summed E-state index contributed by atoms with van der Waals surface area (Å²) in [6.45, 7) is 4.16. The highest BCUT2D eigenvalue weighted by Gasteiger charge is 2.21. The number of ether oxygens (including phenoxy) is 1. The zero-order valence-corrected chi connectivity index (χ0v) is 13.4. The van der Waals surface area contributed by atoms with Gasteiger partial charge in [-0.25, -0.2) is 0 Å². The van der Waals surface area contributed by atoms with Crippen molar-refractivity contribution in [2.24, 2.45) is 5.73 Å². The van der Waals surface area contributed by atoms with Crippen LogP contribution in [-0.2, 0) is 0 Å². The van der Waals surface area contributed by atoms with E-state index in [2.05, 4.69) is 54.0 Å². The van der Waals surface area contributed by atoms with Crippen molar-refractivity contribution in [3.05, 3.63) is 64.1 Å². The molecule has 2 rings (SSSR count). The fourth-order valence-corrected chi connectivity index (χ4v) is 2.43. The number of rotatable bonds is 5. The molecule has 0 amide bonds. The zero-order chi connectivity index (χ0) is 14.5. The van der Waals surface area contributed by atoms with Gasteiger partial charge < -0.3 is 10.5 Å². The lowest BCUT2D eigenvalue weighted by Gasteiger charge is -2.25. The smallest absolute Gasteiger partial charge is 0.139 e. The van der Waals surface area contributed by atoms with E-state index in [9.17, 15) is 0 Å². The normalized spacial score (nSPS) is 13.8. The summed E-state index contributed by atoms with van der Waals surface area (Å²) in [5, 5.41) is 0. The number of benzene rings is 2. The molecular formula is C17H20BrNO. The third-order valence-corrected chi connectivity index (χ3v) is 4.01. The Morgan fingerprint density at radius 2 is 1.75 bits per heavy atom. The molecule has 2 unspecified atom stereocenters. The molecular weight excluding hydrogens is 314 g/mol. The number of halogens is 1. The second-order valence-corrected chi connectivity index (χ2v) is 5.81. The summed E-state index contributed by atoms with van der Waals surface area (Å²) in [5.41, 5.74) is 8.59. The van der Waals surface area contributed by atoms with Crippen LogP contribution in [0, 0.1) is 6.92 Å². The molecule has 0 radical (unpaired) electrons. The van der Waals surface area contributed by atoms with Crippen LogP contribution in [0.1, 0.15) is 30.6 Å². The lowest BCUT2D eigenvalue weighted by molar-refractivity contribution is 0.170. The van der Waals surface area contributed by atoms with E-state index in [1.807, 2.05) is 24.3 Å². The number of nitrogens with two attached hydrogens (primary N) is 1. The van der Waals surface area contributed by atoms with E-state index < -0.39 is 0 Å². The second kappa shape index (κ2) is 6.91. The minimum atomic E-state index is -0.140. The van der Waals surface area contributed by atoms with Gasteiger partial charge in [0, 0.05) is 6.04 Å². The molecule has 2 aromatic carbocycles. The van der Waals surface area contributed by atoms with E-state index >= 15 is 0 Å². The van der Waals surface area contributed by atoms with Crippen molar-refractivity contribution in [3.8, 4) is 5.75 Å². The molecule has 20 heavy (non-hydrogen) atoms. The molecule has 0 fully saturated rings. The standard InChI is InChI=1S/C17H20BrNO/c1-3-15(19)17(13-10-8-12(2)9-11-13)20-16-7-5-4-6-14(16)18/h4-11,15,17H,3,19H2,1-2H3. The first-order valence-electron chi connectivity index (χ1n) is 6.85. The Kier molecular flexibility index (Phi) is 5.21. The Balaban J connectivity index is 2.29. The molecule has 0 bridgehead atoms. The van der Waals surface area contributed by atoms with Gasteiger partial charge in [0.1, 0.15) is 11.9 Å². The van der Waals surface area contributed by atoms with Crippen molar-refractivity contribution in [1.82, 2.24) is 0 Å². The van der Waals surface area contributed by atoms with Gasteiger partial charge in [-0.3, -0.25) is 0 Å². The lowest BCUT2D eigenvalue weighted by Crippen LogP contribution is -2.31. The molecule has 3 heteroatoms. The van der Waals surface area contributed by atoms with Crippen LogP contribution in [-0.4, -0.2) is 6.04 Å². The minimum Gasteiger partial charge on any atom is -0.483 e. The highest BCUT2D eigenvalue weighted by molar-refractivity contribution is 9.10. The molecule has 0 heterocycles. The van der Waals surface area contributed by atoms with Gasteiger partial charge in [-0.15, -0.1) is 0 Å². The summed E-state index contributed by atoms with van der Waals surface area (Å²) >= 11 is 3.51. The molecule has 0 saturated carbocycles. The van der Waals surface area contributed by atoms with Gasteiger partial charge in [-0.2, -0.15) is 0 Å². The maximum absolute atomic E-state index is 6.24. The summed E-state index contributed by atoms with van der Waals surface area (Å²) in [6.07, 6.45) is 0.725. The fourth-order valence-electron chi connectivity index (χ4n) is 2.05. The summed E-state index contributed by atoms with van der Waals surface area (Å²) in [4.78, 5) is 0. The molecule has 2 aromatic rings. The van der Waals surface area contributed by atoms with Gasteiger partial charge >= 0.3 is 0 Å². The quantitative estimate of drug-likeness (QED) is 0.866. The number of hydrogen-bond acceptors (Lipinski definition) is 2. The van der Waals surface area contributed by atoms with E-state index in [-0.39, 0.29) is 12.1 Å². The Labute approximate surface area is 129 Å². The predicted octanol–water partition coefficient (Wildman–Crippen LogP) is 4.61. The van der Waals surface area contributed by atoms with E-state index in [1.165, 1.54) is 5.56 Å². The number of aryl methyl sites for hydroxylation is 1. The summed E-state index contributed by atoms with van der Waals surface area (Å²) in [6, 6.07) is 16.2. The first-order valence-corrected chi connectivity index (χ1v) is 7.64. The Morgan fingerprint density at radius 1 is 1.10 bits per heavy atom. The monoisotopic (exact) mass is 333 g/mol. The Hall–Kier alpha value is -1.32. The first-order chi connectivity index (χ1) is 9.61. The molecule has 2 atom stereocenters. The van der Waals surface area contributed by atoms with E-state index in [4.69, 9.17) is 10.5 Å². The van der Waals surface area contributed by atoms with Gasteiger partial charge in [0.05, 0.1) is 4.47 Å². The van der Waals surface area contributed by atoms with E-state index in [1.54, 1.807) is 0 Å². The van der Waals surface area contributed by atoms with Crippen molar-refractivity contribution < 1.29 is 4.74 Å². The Morgan fingerprint density at radius 3 is 2.35 bits per heavy atom. The Bertz CT molecular complexity index is 553. The molecule has 0 aliphatic carbocycles. The van der Waals surface area contributed by atoms with E-state index in [0.29, 0.717) is 0 Å². The van der Waals surface area contributed by atoms with Crippen LogP contribution in [0.5, 0.6) is 5.75 Å². The maximum atomic E-state index is 6.24. The third kappa shape index (κ3) is 3.62. The average molecular weight is 334 g/mol. The number of hydrogen-bond donors (Lipinski definition) is 1. The van der Waals surface area contributed by atoms with Gasteiger partial charge in [0.25, 0.3) is 0 Å². The van der Waals surface area contributed by atoms with Crippen LogP contribution in [0.2, 0.25) is 0 Å². The molecule has 0 spiro atoms. The van der Waals surface area contributed by atoms with Crippen molar-refractivity contribution in [1.29, 1.82) is 0 Å². The highest BCUT2D eigenvalue weighted by atomic mass is 79.9. The summed E-state index contributed by atoms with van der Waals surface area (Å²) in [7, 11) is 0. The SMILES string of the molecule is CCC(N)C(Oc1ccccc1Br)c1ccc(C)cc1. The van der Waals surface area contributed by atoms with Crippen LogP contribution in [0.3, 0.4) is 0 Å². The lowest BCUT2D eigenvalue weighted by atomic mass is 10.00. The summed E-state index contributed by atoms with van der Waals surface area (Å²) < 4.78 is 7.10. The third-order valence-electron chi connectivity index (χ3n) is 3.36. The van der Waals surface area contributed by atoms with Crippen LogP contribution >= 0.6 is 15.9 Å². The molecule has 0 aliphatic heterocycles. The van der Waals surface area contributed by atoms with Crippen LogP contribution in [0.4, 0.5) is 0 Å². The van der Waals surface area contributed by atoms with Crippen molar-refractivity contribution >= 4 is 15.9 Å². The van der Waals surface area contributed by atoms with Crippen LogP contribution in [0.25, 0.3) is 0 Å². The van der Waals surface area contributed by atoms with Crippen molar-refractivity contribution in [3.63, 3.8) is 0 Å². The largest absolute Gasteiger partial charge is 0.483 e. The second-order valence-electron chi connectivity index (χ2n) is 4.95. The molecule has 106 valence electrons. The van der Waals surface area contributed by atoms with Crippen molar-refractivity contribution in [2.75, 3.05) is 0 Å². The van der Waals surface area contributed by atoms with Gasteiger partial charge in [0.15, 0.2) is 0 Å². The van der Waals surface area contributed by atoms with Crippen LogP contribution in [0.15, 0.2) is 53.0 Å². The minimum absolute atomic E-state index is 0.0372. The molecule has 0 aromatic heterocycles. The predicted molar refractivity (Wildman–Crippen MR) is 87.0 cm³/mol. The molecule has 2 N–H and O–H groups in total. The summed E-state index contributed by atoms with van der Waals surface area (Å²) in [5.74, 6) is 0.821. The zero-order valence-electron chi connectivity index (χ0n) is 11.8.